The summed E-state index contributed by atoms with van der Waals surface area (Å²) in [6, 6.07) is 0. The molecule has 3 aliphatic rings. The SMILES string of the molecule is CC(C)(C)[Si](C)(C)O[C@@H]1[C@@H]2O[Si](C(C)(C)C)(C(C)(C)C)OC[C@H]2O[C@H]1n1cnc2c(=O)n3c(nc21)NC(=O)C3. The third-order valence-corrected chi connectivity index (χ3v) is 18.4. The van der Waals surface area contributed by atoms with Gasteiger partial charge >= 0.3 is 8.56 Å². The van der Waals surface area contributed by atoms with Crippen molar-refractivity contribution in [2.24, 2.45) is 0 Å². The van der Waals surface area contributed by atoms with Crippen molar-refractivity contribution >= 4 is 39.9 Å². The molecule has 216 valence electrons. The summed E-state index contributed by atoms with van der Waals surface area (Å²) >= 11 is 0. The Kier molecular flexibility index (Phi) is 6.45. The van der Waals surface area contributed by atoms with Gasteiger partial charge in [-0.1, -0.05) is 62.3 Å². The molecule has 1 N–H and O–H groups in total. The molecule has 5 rings (SSSR count). The van der Waals surface area contributed by atoms with Crippen LogP contribution in [0.4, 0.5) is 5.95 Å². The van der Waals surface area contributed by atoms with Crippen LogP contribution in [0.15, 0.2) is 11.1 Å². The summed E-state index contributed by atoms with van der Waals surface area (Å²) in [5, 5.41) is 2.21. The van der Waals surface area contributed by atoms with Gasteiger partial charge in [-0.15, -0.1) is 0 Å². The van der Waals surface area contributed by atoms with Crippen LogP contribution in [-0.4, -0.2) is 66.8 Å². The zero-order valence-corrected chi connectivity index (χ0v) is 27.0. The number of hydrogen-bond acceptors (Lipinski definition) is 8. The number of hydrogen-bond donors (Lipinski definition) is 1. The van der Waals surface area contributed by atoms with Crippen LogP contribution in [0.25, 0.3) is 11.2 Å². The molecule has 4 atom stereocenters. The van der Waals surface area contributed by atoms with Gasteiger partial charge in [-0.05, 0) is 18.1 Å². The molecule has 0 bridgehead atoms. The summed E-state index contributed by atoms with van der Waals surface area (Å²) in [7, 11) is -5.12. The normalized spacial score (nSPS) is 27.5. The van der Waals surface area contributed by atoms with Gasteiger partial charge in [0.05, 0.1) is 12.9 Å². The first-order chi connectivity index (χ1) is 17.8. The molecule has 13 heteroatoms. The second-order valence-corrected chi connectivity index (χ2v) is 24.1. The molecular formula is C26H43N5O6Si2. The highest BCUT2D eigenvalue weighted by Crippen LogP contribution is 2.56. The molecule has 2 aromatic heterocycles. The lowest BCUT2D eigenvalue weighted by atomic mass is 10.1. The molecule has 5 heterocycles. The summed E-state index contributed by atoms with van der Waals surface area (Å²) in [6.45, 7) is 24.5. The number of imidazole rings is 1. The van der Waals surface area contributed by atoms with E-state index in [4.69, 9.17) is 18.0 Å². The Bertz CT molecular complexity index is 1350. The van der Waals surface area contributed by atoms with E-state index in [-0.39, 0.29) is 56.8 Å². The van der Waals surface area contributed by atoms with Crippen LogP contribution < -0.4 is 10.9 Å². The van der Waals surface area contributed by atoms with Crippen LogP contribution in [-0.2, 0) is 29.4 Å². The molecule has 0 spiro atoms. The van der Waals surface area contributed by atoms with E-state index >= 15 is 0 Å². The highest BCUT2D eigenvalue weighted by Gasteiger charge is 2.66. The van der Waals surface area contributed by atoms with Gasteiger partial charge in [0.2, 0.25) is 11.9 Å². The van der Waals surface area contributed by atoms with E-state index in [0.717, 1.165) is 0 Å². The number of nitrogens with zero attached hydrogens (tertiary/aromatic N) is 4. The van der Waals surface area contributed by atoms with Crippen LogP contribution in [0.2, 0.25) is 28.2 Å². The third kappa shape index (κ3) is 4.36. The topological polar surface area (TPSA) is 119 Å². The van der Waals surface area contributed by atoms with Crippen molar-refractivity contribution in [1.29, 1.82) is 0 Å². The van der Waals surface area contributed by atoms with Gasteiger partial charge in [-0.25, -0.2) is 4.98 Å². The summed E-state index contributed by atoms with van der Waals surface area (Å²) in [4.78, 5) is 34.2. The standard InChI is InChI=1S/C26H43N5O6Si2/c1-24(2,3)38(10,11)36-19-18-15(13-34-39(37-18,25(4,5)6)26(7,8)9)35-22(19)31-14-27-17-20(31)29-23-28-16(32)12-30(23)21(17)33/h14-15,18-19,22H,12-13H2,1-11H3,(H,28,29,32)/t15-,18-,19-,22-/m1/s1. The maximum absolute atomic E-state index is 13.1. The highest BCUT2D eigenvalue weighted by atomic mass is 28.4. The minimum atomic E-state index is -2.82. The van der Waals surface area contributed by atoms with Crippen molar-refractivity contribution in [3.63, 3.8) is 0 Å². The lowest BCUT2D eigenvalue weighted by Gasteiger charge is -2.54. The van der Waals surface area contributed by atoms with Gasteiger partial charge in [0, 0.05) is 10.1 Å². The highest BCUT2D eigenvalue weighted by molar-refractivity contribution is 6.74. The van der Waals surface area contributed by atoms with Gasteiger partial charge in [0.15, 0.2) is 25.7 Å². The first-order valence-corrected chi connectivity index (χ1v) is 18.4. The predicted octanol–water partition coefficient (Wildman–Crippen LogP) is 4.29. The zero-order valence-electron chi connectivity index (χ0n) is 25.0. The van der Waals surface area contributed by atoms with Crippen molar-refractivity contribution in [1.82, 2.24) is 19.1 Å². The molecule has 0 aromatic carbocycles. The Labute approximate surface area is 232 Å². The van der Waals surface area contributed by atoms with E-state index in [9.17, 15) is 9.59 Å². The number of rotatable bonds is 3. The number of nitrogens with one attached hydrogen (secondary N) is 1. The van der Waals surface area contributed by atoms with Gasteiger partial charge in [-0.2, -0.15) is 4.98 Å². The fourth-order valence-corrected chi connectivity index (χ4v) is 12.2. The minimum absolute atomic E-state index is 0.0530. The Morgan fingerprint density at radius 3 is 2.31 bits per heavy atom. The third-order valence-electron chi connectivity index (χ3n) is 8.76. The van der Waals surface area contributed by atoms with Crippen LogP contribution in [0.3, 0.4) is 0 Å². The fourth-order valence-electron chi connectivity index (χ4n) is 5.92. The van der Waals surface area contributed by atoms with Crippen molar-refractivity contribution in [3.05, 3.63) is 16.7 Å². The van der Waals surface area contributed by atoms with E-state index in [2.05, 4.69) is 90.7 Å². The second kappa shape index (κ2) is 8.79. The summed E-state index contributed by atoms with van der Waals surface area (Å²) in [5.41, 5.74) is 0.165. The Hall–Kier alpha value is -1.91. The van der Waals surface area contributed by atoms with Gasteiger partial charge in [-0.3, -0.25) is 24.0 Å². The van der Waals surface area contributed by atoms with Crippen LogP contribution >= 0.6 is 0 Å². The number of anilines is 1. The van der Waals surface area contributed by atoms with E-state index in [1.807, 2.05) is 0 Å². The molecular weight excluding hydrogens is 534 g/mol. The quantitative estimate of drug-likeness (QED) is 0.537. The van der Waals surface area contributed by atoms with E-state index in [1.165, 1.54) is 4.57 Å². The monoisotopic (exact) mass is 577 g/mol. The first-order valence-electron chi connectivity index (χ1n) is 13.7. The van der Waals surface area contributed by atoms with Gasteiger partial charge in [0.25, 0.3) is 5.56 Å². The molecule has 3 aliphatic heterocycles. The zero-order chi connectivity index (χ0) is 28.9. The molecule has 0 radical (unpaired) electrons. The molecule has 2 saturated heterocycles. The van der Waals surface area contributed by atoms with Crippen molar-refractivity contribution in [2.75, 3.05) is 11.9 Å². The largest absolute Gasteiger partial charge is 0.407 e. The number of aromatic nitrogens is 4. The summed E-state index contributed by atoms with van der Waals surface area (Å²) < 4.78 is 30.7. The summed E-state index contributed by atoms with van der Waals surface area (Å²) in [6.07, 6.45) is -0.251. The lowest BCUT2D eigenvalue weighted by Crippen LogP contribution is -2.66. The number of amides is 1. The number of carbonyl (C=O) groups is 1. The molecule has 11 nitrogen and oxygen atoms in total. The van der Waals surface area contributed by atoms with Crippen molar-refractivity contribution in [3.8, 4) is 0 Å². The van der Waals surface area contributed by atoms with Crippen molar-refractivity contribution < 1.29 is 22.8 Å². The molecule has 2 aromatic rings. The summed E-state index contributed by atoms with van der Waals surface area (Å²) in [5.74, 6) is -0.0692. The maximum Gasteiger partial charge on any atom is 0.349 e. The number of carbonyl (C=O) groups excluding carboxylic acids is 1. The molecule has 39 heavy (non-hydrogen) atoms. The van der Waals surface area contributed by atoms with Crippen LogP contribution in [0.5, 0.6) is 0 Å². The smallest absolute Gasteiger partial charge is 0.349 e. The molecule has 2 fully saturated rings. The lowest BCUT2D eigenvalue weighted by molar-refractivity contribution is -0.115. The maximum atomic E-state index is 13.1. The Balaban J connectivity index is 1.63. The van der Waals surface area contributed by atoms with E-state index in [0.29, 0.717) is 12.3 Å². The van der Waals surface area contributed by atoms with E-state index in [1.54, 1.807) is 10.9 Å². The first kappa shape index (κ1) is 28.6. The second-order valence-electron chi connectivity index (χ2n) is 14.6. The number of ether oxygens (including phenoxy) is 1. The fraction of sp³-hybridized carbons (Fsp3) is 0.769. The number of fused-ring (bicyclic) bond motifs is 3. The molecule has 0 saturated carbocycles. The molecule has 0 aliphatic carbocycles. The van der Waals surface area contributed by atoms with Gasteiger partial charge in [0.1, 0.15) is 24.9 Å². The van der Waals surface area contributed by atoms with Crippen LogP contribution in [0.1, 0.15) is 68.5 Å². The van der Waals surface area contributed by atoms with Crippen molar-refractivity contribution in [2.45, 2.75) is 122 Å². The Morgan fingerprint density at radius 2 is 1.72 bits per heavy atom. The average Bonchev–Trinajstić information content (AvgIpc) is 3.46. The Morgan fingerprint density at radius 1 is 1.08 bits per heavy atom. The minimum Gasteiger partial charge on any atom is -0.407 e. The predicted molar refractivity (Wildman–Crippen MR) is 152 cm³/mol. The van der Waals surface area contributed by atoms with E-state index < -0.39 is 29.2 Å². The molecule has 0 unspecified atom stereocenters. The van der Waals surface area contributed by atoms with Gasteiger partial charge < -0.3 is 18.0 Å². The average molecular weight is 578 g/mol. The van der Waals surface area contributed by atoms with Crippen LogP contribution in [0, 0.1) is 0 Å². The molecule has 1 amide bonds.